The molecule has 3 nitrogen and oxygen atoms in total. The molecule has 0 unspecified atom stereocenters. The minimum Gasteiger partial charge on any atom is -0.396 e. The first-order valence-electron chi connectivity index (χ1n) is 5.99. The van der Waals surface area contributed by atoms with Crippen LogP contribution in [0.15, 0.2) is 23.8 Å². The maximum Gasteiger partial charge on any atom is 0.158 e. The fourth-order valence-corrected chi connectivity index (χ4v) is 1.54. The average molecular weight is 226 g/mol. The molecule has 0 saturated carbocycles. The van der Waals surface area contributed by atoms with E-state index in [4.69, 9.17) is 14.6 Å². The maximum absolute atomic E-state index is 8.60. The first-order valence-corrected chi connectivity index (χ1v) is 5.99. The van der Waals surface area contributed by atoms with Crippen molar-refractivity contribution in [2.24, 2.45) is 0 Å². The molecule has 1 rings (SSSR count). The van der Waals surface area contributed by atoms with Crippen LogP contribution >= 0.6 is 0 Å². The van der Waals surface area contributed by atoms with E-state index in [0.717, 1.165) is 38.9 Å². The molecule has 0 radical (unpaired) electrons. The van der Waals surface area contributed by atoms with Gasteiger partial charge in [0, 0.05) is 13.0 Å². The van der Waals surface area contributed by atoms with E-state index < -0.39 is 0 Å². The zero-order valence-corrected chi connectivity index (χ0v) is 10.0. The van der Waals surface area contributed by atoms with Gasteiger partial charge in [-0.2, -0.15) is 0 Å². The van der Waals surface area contributed by atoms with E-state index >= 15 is 0 Å². The van der Waals surface area contributed by atoms with Crippen molar-refractivity contribution in [1.29, 1.82) is 0 Å². The average Bonchev–Trinajstić information content (AvgIpc) is 2.79. The highest BCUT2D eigenvalue weighted by Gasteiger charge is 2.14. The fraction of sp³-hybridized carbons (Fsp3) is 0.692. The van der Waals surface area contributed by atoms with Gasteiger partial charge >= 0.3 is 0 Å². The monoisotopic (exact) mass is 226 g/mol. The van der Waals surface area contributed by atoms with E-state index in [0.29, 0.717) is 0 Å². The summed E-state index contributed by atoms with van der Waals surface area (Å²) < 4.78 is 10.7. The summed E-state index contributed by atoms with van der Waals surface area (Å²) in [6.45, 7) is 3.84. The van der Waals surface area contributed by atoms with Gasteiger partial charge in [0.05, 0.1) is 13.2 Å². The van der Waals surface area contributed by atoms with Gasteiger partial charge in [0.15, 0.2) is 6.29 Å². The van der Waals surface area contributed by atoms with Crippen molar-refractivity contribution in [3.05, 3.63) is 23.8 Å². The molecule has 0 spiro atoms. The highest BCUT2D eigenvalue weighted by atomic mass is 16.7. The molecule has 0 amide bonds. The van der Waals surface area contributed by atoms with Gasteiger partial charge in [-0.15, -0.1) is 0 Å². The van der Waals surface area contributed by atoms with Gasteiger partial charge in [0.25, 0.3) is 0 Å². The highest BCUT2D eigenvalue weighted by Crippen LogP contribution is 2.14. The highest BCUT2D eigenvalue weighted by molar-refractivity contribution is 5.10. The van der Waals surface area contributed by atoms with Crippen molar-refractivity contribution in [3.63, 3.8) is 0 Å². The number of hydrogen-bond donors (Lipinski definition) is 1. The standard InChI is InChI=1S/C13H22O3/c1-12(6-4-2-3-5-9-14)7-8-13-15-10-11-16-13/h2,4,6,13-14H,3,5,7-11H2,1H3/b4-2+,12-6+. The quantitative estimate of drug-likeness (QED) is 0.535. The summed E-state index contributed by atoms with van der Waals surface area (Å²) in [7, 11) is 0. The summed E-state index contributed by atoms with van der Waals surface area (Å²) in [5.74, 6) is 0. The van der Waals surface area contributed by atoms with Crippen LogP contribution in [-0.4, -0.2) is 31.2 Å². The van der Waals surface area contributed by atoms with E-state index in [2.05, 4.69) is 25.2 Å². The van der Waals surface area contributed by atoms with Crippen LogP contribution in [0.1, 0.15) is 32.6 Å². The molecule has 16 heavy (non-hydrogen) atoms. The Bertz CT molecular complexity index is 227. The molecule has 0 atom stereocenters. The number of hydrogen-bond acceptors (Lipinski definition) is 3. The van der Waals surface area contributed by atoms with Gasteiger partial charge in [0.1, 0.15) is 0 Å². The van der Waals surface area contributed by atoms with Gasteiger partial charge in [-0.25, -0.2) is 0 Å². The SMILES string of the molecule is C/C(=C\C=C\CCCO)CCC1OCCO1. The van der Waals surface area contributed by atoms with Gasteiger partial charge in [-0.1, -0.05) is 23.8 Å². The summed E-state index contributed by atoms with van der Waals surface area (Å²) in [5.41, 5.74) is 1.33. The number of aliphatic hydroxyl groups is 1. The molecule has 0 bridgehead atoms. The Labute approximate surface area is 97.8 Å². The van der Waals surface area contributed by atoms with Crippen LogP contribution in [0.2, 0.25) is 0 Å². The summed E-state index contributed by atoms with van der Waals surface area (Å²) in [5, 5.41) is 8.60. The molecule has 0 aromatic heterocycles. The molecule has 1 heterocycles. The Kier molecular flexibility index (Phi) is 7.14. The number of allylic oxidation sites excluding steroid dienone is 4. The van der Waals surface area contributed by atoms with Crippen molar-refractivity contribution in [1.82, 2.24) is 0 Å². The molecule has 1 aliphatic heterocycles. The first kappa shape index (κ1) is 13.4. The molecule has 92 valence electrons. The Morgan fingerprint density at radius 3 is 2.81 bits per heavy atom. The molecule has 0 aromatic rings. The first-order chi connectivity index (χ1) is 7.83. The van der Waals surface area contributed by atoms with Crippen molar-refractivity contribution in [2.45, 2.75) is 38.9 Å². The van der Waals surface area contributed by atoms with E-state index in [9.17, 15) is 0 Å². The largest absolute Gasteiger partial charge is 0.396 e. The molecule has 0 aromatic carbocycles. The second-order valence-electron chi connectivity index (χ2n) is 4.02. The lowest BCUT2D eigenvalue weighted by molar-refractivity contribution is -0.0461. The van der Waals surface area contributed by atoms with Crippen molar-refractivity contribution in [3.8, 4) is 0 Å². The van der Waals surface area contributed by atoms with Crippen LogP contribution in [-0.2, 0) is 9.47 Å². The van der Waals surface area contributed by atoms with Gasteiger partial charge < -0.3 is 14.6 Å². The smallest absolute Gasteiger partial charge is 0.158 e. The number of ether oxygens (including phenoxy) is 2. The topological polar surface area (TPSA) is 38.7 Å². The van der Waals surface area contributed by atoms with E-state index in [1.54, 1.807) is 0 Å². The molecular weight excluding hydrogens is 204 g/mol. The van der Waals surface area contributed by atoms with Gasteiger partial charge in [0.2, 0.25) is 0 Å². The van der Waals surface area contributed by atoms with Crippen LogP contribution in [0.25, 0.3) is 0 Å². The number of unbranched alkanes of at least 4 members (excludes halogenated alkanes) is 1. The van der Waals surface area contributed by atoms with Crippen LogP contribution in [0.4, 0.5) is 0 Å². The fourth-order valence-electron chi connectivity index (χ4n) is 1.54. The zero-order valence-electron chi connectivity index (χ0n) is 10.0. The van der Waals surface area contributed by atoms with Crippen molar-refractivity contribution < 1.29 is 14.6 Å². The number of rotatable bonds is 7. The summed E-state index contributed by atoms with van der Waals surface area (Å²) >= 11 is 0. The van der Waals surface area contributed by atoms with Crippen LogP contribution < -0.4 is 0 Å². The molecule has 1 fully saturated rings. The molecule has 1 aliphatic rings. The van der Waals surface area contributed by atoms with E-state index in [1.165, 1.54) is 5.57 Å². The third-order valence-corrected chi connectivity index (χ3v) is 2.51. The third kappa shape index (κ3) is 6.05. The Morgan fingerprint density at radius 1 is 1.38 bits per heavy atom. The second kappa shape index (κ2) is 8.50. The lowest BCUT2D eigenvalue weighted by atomic mass is 10.1. The minimum absolute atomic E-state index is 0.00159. The predicted octanol–water partition coefficient (Wildman–Crippen LogP) is 2.41. The molecular formula is C13H22O3. The lowest BCUT2D eigenvalue weighted by Crippen LogP contribution is -2.06. The van der Waals surface area contributed by atoms with Crippen LogP contribution in [0.3, 0.4) is 0 Å². The van der Waals surface area contributed by atoms with E-state index in [-0.39, 0.29) is 12.9 Å². The third-order valence-electron chi connectivity index (χ3n) is 2.51. The van der Waals surface area contributed by atoms with Gasteiger partial charge in [-0.3, -0.25) is 0 Å². The van der Waals surface area contributed by atoms with Crippen molar-refractivity contribution >= 4 is 0 Å². The molecule has 1 N–H and O–H groups in total. The molecule has 1 saturated heterocycles. The Morgan fingerprint density at radius 2 is 2.12 bits per heavy atom. The Balaban J connectivity index is 2.10. The molecule has 3 heteroatoms. The zero-order chi connectivity index (χ0) is 11.6. The summed E-state index contributed by atoms with van der Waals surface area (Å²) in [6, 6.07) is 0. The van der Waals surface area contributed by atoms with Crippen LogP contribution in [0.5, 0.6) is 0 Å². The Hall–Kier alpha value is -0.640. The lowest BCUT2D eigenvalue weighted by Gasteiger charge is -2.07. The van der Waals surface area contributed by atoms with Crippen molar-refractivity contribution in [2.75, 3.05) is 19.8 Å². The predicted molar refractivity (Wildman–Crippen MR) is 64.1 cm³/mol. The maximum atomic E-state index is 8.60. The van der Waals surface area contributed by atoms with E-state index in [1.807, 2.05) is 0 Å². The van der Waals surface area contributed by atoms with Gasteiger partial charge in [-0.05, 0) is 26.2 Å². The summed E-state index contributed by atoms with van der Waals surface area (Å²) in [6.07, 6.45) is 9.99. The summed E-state index contributed by atoms with van der Waals surface area (Å²) in [4.78, 5) is 0. The second-order valence-corrected chi connectivity index (χ2v) is 4.02. The normalized spacial score (nSPS) is 18.8. The molecule has 0 aliphatic carbocycles. The number of aliphatic hydroxyl groups excluding tert-OH is 1. The minimum atomic E-state index is 0.00159. The van der Waals surface area contributed by atoms with Crippen LogP contribution in [0, 0.1) is 0 Å².